The van der Waals surface area contributed by atoms with E-state index in [0.29, 0.717) is 12.5 Å². The van der Waals surface area contributed by atoms with Crippen molar-refractivity contribution in [3.05, 3.63) is 22.8 Å². The molecule has 7 heteroatoms. The number of rotatable bonds is 4. The summed E-state index contributed by atoms with van der Waals surface area (Å²) in [4.78, 5) is 15.5. The predicted octanol–water partition coefficient (Wildman–Crippen LogP) is 1.04. The van der Waals surface area contributed by atoms with Crippen LogP contribution < -0.4 is 10.6 Å². The van der Waals surface area contributed by atoms with Gasteiger partial charge in [0.25, 0.3) is 0 Å². The predicted molar refractivity (Wildman–Crippen MR) is 67.9 cm³/mol. The normalized spacial score (nSPS) is 10.5. The maximum Gasteiger partial charge on any atom is 0.243 e. The molecule has 0 atom stereocenters. The number of anilines is 1. The molecule has 2 aromatic rings. The molecule has 2 N–H and O–H groups in total. The van der Waals surface area contributed by atoms with Gasteiger partial charge >= 0.3 is 0 Å². The Bertz CT molecular complexity index is 538. The first kappa shape index (κ1) is 11.8. The molecular formula is C10H12BrN5O. The molecule has 0 aromatic carbocycles. The van der Waals surface area contributed by atoms with Crippen LogP contribution in [0.25, 0.3) is 5.65 Å². The second kappa shape index (κ2) is 5.13. The van der Waals surface area contributed by atoms with Gasteiger partial charge in [-0.05, 0) is 35.0 Å². The highest BCUT2D eigenvalue weighted by atomic mass is 79.9. The number of nitrogens with zero attached hydrogens (tertiary/aromatic N) is 3. The number of nitrogens with one attached hydrogen (secondary N) is 2. The van der Waals surface area contributed by atoms with Crippen LogP contribution in [-0.4, -0.2) is 33.6 Å². The molecule has 2 rings (SSSR count). The molecule has 0 aliphatic heterocycles. The fraction of sp³-hybridized carbons (Fsp3) is 0.300. The zero-order chi connectivity index (χ0) is 12.3. The number of fused-ring (bicyclic) bond motifs is 1. The molecular weight excluding hydrogens is 286 g/mol. The van der Waals surface area contributed by atoms with Crippen LogP contribution >= 0.6 is 15.9 Å². The Labute approximate surface area is 107 Å². The van der Waals surface area contributed by atoms with E-state index < -0.39 is 0 Å². The third-order valence-electron chi connectivity index (χ3n) is 2.08. The van der Waals surface area contributed by atoms with Crippen molar-refractivity contribution in [2.24, 2.45) is 0 Å². The van der Waals surface area contributed by atoms with E-state index in [4.69, 9.17) is 0 Å². The van der Waals surface area contributed by atoms with Gasteiger partial charge < -0.3 is 10.6 Å². The summed E-state index contributed by atoms with van der Waals surface area (Å²) >= 11 is 3.35. The van der Waals surface area contributed by atoms with Crippen LogP contribution in [-0.2, 0) is 4.79 Å². The number of carbonyl (C=O) groups is 1. The van der Waals surface area contributed by atoms with E-state index in [1.54, 1.807) is 10.7 Å². The zero-order valence-corrected chi connectivity index (χ0v) is 10.9. The molecule has 0 aliphatic carbocycles. The molecule has 0 saturated heterocycles. The monoisotopic (exact) mass is 297 g/mol. The molecule has 17 heavy (non-hydrogen) atoms. The van der Waals surface area contributed by atoms with Crippen molar-refractivity contribution in [1.82, 2.24) is 19.9 Å². The number of carbonyl (C=O) groups excluding carboxylic acids is 1. The summed E-state index contributed by atoms with van der Waals surface area (Å²) in [6.07, 6.45) is 1.81. The highest BCUT2D eigenvalue weighted by molar-refractivity contribution is 9.10. The first-order valence-corrected chi connectivity index (χ1v) is 6.01. The summed E-state index contributed by atoms with van der Waals surface area (Å²) in [6, 6.07) is 3.73. The second-order valence-electron chi connectivity index (χ2n) is 3.39. The van der Waals surface area contributed by atoms with Gasteiger partial charge in [0, 0.05) is 17.2 Å². The average Bonchev–Trinajstić information content (AvgIpc) is 2.68. The van der Waals surface area contributed by atoms with Crippen molar-refractivity contribution in [2.45, 2.75) is 6.92 Å². The molecule has 6 nitrogen and oxygen atoms in total. The SMILES string of the molecule is CCNC(=O)CNc1nc2ccc(Br)cn2n1. The van der Waals surface area contributed by atoms with Crippen LogP contribution in [0.4, 0.5) is 5.95 Å². The Morgan fingerprint density at radius 1 is 1.53 bits per heavy atom. The Hall–Kier alpha value is -1.63. The summed E-state index contributed by atoms with van der Waals surface area (Å²) in [5.74, 6) is 0.363. The topological polar surface area (TPSA) is 71.3 Å². The lowest BCUT2D eigenvalue weighted by molar-refractivity contribution is -0.119. The van der Waals surface area contributed by atoms with E-state index in [9.17, 15) is 4.79 Å². The molecule has 0 spiro atoms. The van der Waals surface area contributed by atoms with Crippen molar-refractivity contribution >= 4 is 33.4 Å². The van der Waals surface area contributed by atoms with Gasteiger partial charge in [-0.1, -0.05) is 0 Å². The minimum atomic E-state index is -0.0764. The van der Waals surface area contributed by atoms with E-state index >= 15 is 0 Å². The Morgan fingerprint density at radius 3 is 3.12 bits per heavy atom. The van der Waals surface area contributed by atoms with Crippen LogP contribution in [0.5, 0.6) is 0 Å². The molecule has 0 aliphatic rings. The van der Waals surface area contributed by atoms with Gasteiger partial charge in [0.15, 0.2) is 5.65 Å². The highest BCUT2D eigenvalue weighted by Crippen LogP contribution is 2.11. The molecule has 0 saturated carbocycles. The van der Waals surface area contributed by atoms with Crippen LogP contribution in [0.3, 0.4) is 0 Å². The molecule has 0 unspecified atom stereocenters. The van der Waals surface area contributed by atoms with Crippen molar-refractivity contribution in [1.29, 1.82) is 0 Å². The number of likely N-dealkylation sites (N-methyl/N-ethyl adjacent to an activating group) is 1. The van der Waals surface area contributed by atoms with Crippen molar-refractivity contribution < 1.29 is 4.79 Å². The Kier molecular flexibility index (Phi) is 3.58. The minimum absolute atomic E-state index is 0.0764. The van der Waals surface area contributed by atoms with Crippen LogP contribution in [0.2, 0.25) is 0 Å². The molecule has 2 heterocycles. The van der Waals surface area contributed by atoms with E-state index in [0.717, 1.165) is 10.1 Å². The number of halogens is 1. The van der Waals surface area contributed by atoms with Crippen LogP contribution in [0, 0.1) is 0 Å². The molecule has 2 aromatic heterocycles. The fourth-order valence-electron chi connectivity index (χ4n) is 1.35. The van der Waals surface area contributed by atoms with Crippen molar-refractivity contribution in [3.8, 4) is 0 Å². The maximum absolute atomic E-state index is 11.2. The molecule has 0 radical (unpaired) electrons. The Morgan fingerprint density at radius 2 is 2.35 bits per heavy atom. The van der Waals surface area contributed by atoms with Gasteiger partial charge in [0.2, 0.25) is 11.9 Å². The standard InChI is InChI=1S/C10H12BrN5O/c1-2-12-9(17)5-13-10-14-8-4-3-7(11)6-16(8)15-10/h3-4,6H,2,5H2,1H3,(H,12,17)(H,13,15). The zero-order valence-electron chi connectivity index (χ0n) is 9.27. The molecule has 0 bridgehead atoms. The highest BCUT2D eigenvalue weighted by Gasteiger charge is 2.05. The third-order valence-corrected chi connectivity index (χ3v) is 2.54. The van der Waals surface area contributed by atoms with Gasteiger partial charge in [-0.2, -0.15) is 4.98 Å². The number of hydrogen-bond donors (Lipinski definition) is 2. The van der Waals surface area contributed by atoms with E-state index in [2.05, 4.69) is 36.6 Å². The van der Waals surface area contributed by atoms with Gasteiger partial charge in [-0.25, -0.2) is 4.52 Å². The van der Waals surface area contributed by atoms with Crippen LogP contribution in [0.1, 0.15) is 6.92 Å². The lowest BCUT2D eigenvalue weighted by Gasteiger charge is -2.01. The lowest BCUT2D eigenvalue weighted by atomic mass is 10.5. The molecule has 1 amide bonds. The third kappa shape index (κ3) is 2.94. The van der Waals surface area contributed by atoms with Crippen molar-refractivity contribution in [2.75, 3.05) is 18.4 Å². The number of aromatic nitrogens is 3. The first-order valence-electron chi connectivity index (χ1n) is 5.21. The smallest absolute Gasteiger partial charge is 0.243 e. The molecule has 0 fully saturated rings. The lowest BCUT2D eigenvalue weighted by Crippen LogP contribution is -2.29. The van der Waals surface area contributed by atoms with Gasteiger partial charge in [-0.3, -0.25) is 4.79 Å². The number of pyridine rings is 1. The number of amides is 1. The Balaban J connectivity index is 2.07. The summed E-state index contributed by atoms with van der Waals surface area (Å²) in [7, 11) is 0. The largest absolute Gasteiger partial charge is 0.355 e. The van der Waals surface area contributed by atoms with E-state index in [1.807, 2.05) is 19.1 Å². The molecule has 90 valence electrons. The van der Waals surface area contributed by atoms with E-state index in [1.165, 1.54) is 0 Å². The first-order chi connectivity index (χ1) is 8.19. The minimum Gasteiger partial charge on any atom is -0.355 e. The van der Waals surface area contributed by atoms with Gasteiger partial charge in [-0.15, -0.1) is 5.10 Å². The van der Waals surface area contributed by atoms with Crippen molar-refractivity contribution in [3.63, 3.8) is 0 Å². The van der Waals surface area contributed by atoms with Crippen LogP contribution in [0.15, 0.2) is 22.8 Å². The maximum atomic E-state index is 11.2. The second-order valence-corrected chi connectivity index (χ2v) is 4.31. The quantitative estimate of drug-likeness (QED) is 0.885. The number of hydrogen-bond acceptors (Lipinski definition) is 4. The summed E-state index contributed by atoms with van der Waals surface area (Å²) in [6.45, 7) is 2.66. The fourth-order valence-corrected chi connectivity index (χ4v) is 1.68. The summed E-state index contributed by atoms with van der Waals surface area (Å²) in [5, 5.41) is 9.75. The van der Waals surface area contributed by atoms with Gasteiger partial charge in [0.1, 0.15) is 0 Å². The average molecular weight is 298 g/mol. The van der Waals surface area contributed by atoms with Gasteiger partial charge in [0.05, 0.1) is 6.54 Å². The summed E-state index contributed by atoms with van der Waals surface area (Å²) < 4.78 is 2.56. The summed E-state index contributed by atoms with van der Waals surface area (Å²) in [5.41, 5.74) is 0.728. The van der Waals surface area contributed by atoms with E-state index in [-0.39, 0.29) is 12.5 Å².